The number of hydrogen-bond donors (Lipinski definition) is 2. The molecule has 1 aliphatic heterocycles. The number of urea groups is 1. The van der Waals surface area contributed by atoms with Crippen LogP contribution in [0.2, 0.25) is 0 Å². The number of nitrogens with zero attached hydrogens (tertiary/aromatic N) is 1. The van der Waals surface area contributed by atoms with Crippen LogP contribution in [0.3, 0.4) is 0 Å². The Labute approximate surface area is 141 Å². The molecule has 1 aliphatic rings. The van der Waals surface area contributed by atoms with E-state index in [4.69, 9.17) is 0 Å². The third-order valence-corrected chi connectivity index (χ3v) is 4.38. The van der Waals surface area contributed by atoms with Crippen LogP contribution in [0.25, 0.3) is 0 Å². The highest BCUT2D eigenvalue weighted by atomic mass is 19.1. The van der Waals surface area contributed by atoms with E-state index in [1.165, 1.54) is 17.3 Å². The summed E-state index contributed by atoms with van der Waals surface area (Å²) in [5, 5.41) is 5.52. The van der Waals surface area contributed by atoms with Crippen LogP contribution in [0.4, 0.5) is 14.9 Å². The van der Waals surface area contributed by atoms with Gasteiger partial charge in [0, 0.05) is 36.9 Å². The van der Waals surface area contributed by atoms with Crippen molar-refractivity contribution in [3.05, 3.63) is 65.5 Å². The molecule has 0 aromatic heterocycles. The molecule has 0 radical (unpaired) electrons. The molecule has 4 nitrogen and oxygen atoms in total. The molecule has 2 N–H and O–H groups in total. The highest BCUT2D eigenvalue weighted by Crippen LogP contribution is 2.31. The van der Waals surface area contributed by atoms with Crippen molar-refractivity contribution in [1.29, 1.82) is 0 Å². The van der Waals surface area contributed by atoms with Crippen molar-refractivity contribution in [2.24, 2.45) is 0 Å². The zero-order valence-corrected chi connectivity index (χ0v) is 13.8. The van der Waals surface area contributed by atoms with Crippen molar-refractivity contribution < 1.29 is 9.18 Å². The minimum atomic E-state index is -0.305. The summed E-state index contributed by atoms with van der Waals surface area (Å²) in [4.78, 5) is 14.2. The van der Waals surface area contributed by atoms with Crippen molar-refractivity contribution >= 4 is 11.7 Å². The molecule has 5 heteroatoms. The second kappa shape index (κ2) is 7.34. The van der Waals surface area contributed by atoms with E-state index in [2.05, 4.69) is 40.7 Å². The topological polar surface area (TPSA) is 44.4 Å². The molecule has 2 aromatic carbocycles. The van der Waals surface area contributed by atoms with Crippen LogP contribution in [-0.4, -0.2) is 25.2 Å². The fourth-order valence-electron chi connectivity index (χ4n) is 3.14. The number of para-hydroxylation sites is 1. The first-order valence-corrected chi connectivity index (χ1v) is 8.25. The van der Waals surface area contributed by atoms with E-state index in [1.807, 2.05) is 6.07 Å². The van der Waals surface area contributed by atoms with Crippen LogP contribution in [0.1, 0.15) is 18.1 Å². The van der Waals surface area contributed by atoms with Gasteiger partial charge >= 0.3 is 6.03 Å². The van der Waals surface area contributed by atoms with Crippen LogP contribution in [0.15, 0.2) is 48.5 Å². The van der Waals surface area contributed by atoms with Crippen LogP contribution < -0.4 is 15.5 Å². The lowest BCUT2D eigenvalue weighted by Gasteiger charge is -2.25. The van der Waals surface area contributed by atoms with E-state index in [0.717, 1.165) is 13.0 Å². The van der Waals surface area contributed by atoms with Crippen molar-refractivity contribution in [1.82, 2.24) is 10.6 Å². The quantitative estimate of drug-likeness (QED) is 0.886. The number of benzene rings is 2. The molecular weight excluding hydrogens is 305 g/mol. The Morgan fingerprint density at radius 1 is 1.17 bits per heavy atom. The third kappa shape index (κ3) is 3.67. The Morgan fingerprint density at radius 2 is 1.92 bits per heavy atom. The number of anilines is 1. The van der Waals surface area contributed by atoms with E-state index >= 15 is 0 Å². The van der Waals surface area contributed by atoms with E-state index in [0.29, 0.717) is 18.2 Å². The zero-order chi connectivity index (χ0) is 16.9. The maximum absolute atomic E-state index is 13.5. The van der Waals surface area contributed by atoms with E-state index < -0.39 is 0 Å². The predicted molar refractivity (Wildman–Crippen MR) is 93.6 cm³/mol. The molecular formula is C19H22FN3O. The van der Waals surface area contributed by atoms with Crippen LogP contribution in [-0.2, 0) is 13.0 Å². The number of nitrogens with one attached hydrogen (secondary N) is 2. The molecule has 1 atom stereocenters. The molecule has 2 amide bonds. The molecule has 1 unspecified atom stereocenters. The van der Waals surface area contributed by atoms with Crippen molar-refractivity contribution in [3.8, 4) is 0 Å². The van der Waals surface area contributed by atoms with Gasteiger partial charge in [0.05, 0.1) is 0 Å². The molecule has 0 fully saturated rings. The maximum atomic E-state index is 13.5. The Balaban J connectivity index is 1.45. The number of amides is 2. The molecule has 0 saturated heterocycles. The Kier molecular flexibility index (Phi) is 4.99. The van der Waals surface area contributed by atoms with Crippen molar-refractivity contribution in [2.75, 3.05) is 18.0 Å². The fourth-order valence-corrected chi connectivity index (χ4v) is 3.14. The highest BCUT2D eigenvalue weighted by molar-refractivity contribution is 5.73. The molecule has 2 aromatic rings. The van der Waals surface area contributed by atoms with Gasteiger partial charge in [-0.1, -0.05) is 36.4 Å². The molecule has 0 aliphatic carbocycles. The van der Waals surface area contributed by atoms with Gasteiger partial charge in [-0.25, -0.2) is 9.18 Å². The number of carbonyl (C=O) groups excluding carboxylic acids is 1. The van der Waals surface area contributed by atoms with E-state index in [1.54, 1.807) is 18.2 Å². The Bertz CT molecular complexity index is 719. The monoisotopic (exact) mass is 327 g/mol. The average Bonchev–Trinajstić information content (AvgIpc) is 2.90. The van der Waals surface area contributed by atoms with Gasteiger partial charge in [-0.3, -0.25) is 0 Å². The number of halogens is 1. The summed E-state index contributed by atoms with van der Waals surface area (Å²) >= 11 is 0. The normalized spacial score (nSPS) is 15.9. The number of carbonyl (C=O) groups is 1. The molecule has 3 rings (SSSR count). The number of hydrogen-bond acceptors (Lipinski definition) is 2. The summed E-state index contributed by atoms with van der Waals surface area (Å²) in [5.74, 6) is -0.305. The summed E-state index contributed by atoms with van der Waals surface area (Å²) in [6.45, 7) is 3.67. The van der Waals surface area contributed by atoms with E-state index in [-0.39, 0.29) is 18.4 Å². The molecule has 1 heterocycles. The minimum Gasteiger partial charge on any atom is -0.367 e. The molecule has 126 valence electrons. The lowest BCUT2D eigenvalue weighted by molar-refractivity contribution is 0.240. The van der Waals surface area contributed by atoms with Crippen LogP contribution in [0.5, 0.6) is 0 Å². The summed E-state index contributed by atoms with van der Waals surface area (Å²) in [7, 11) is 0. The van der Waals surface area contributed by atoms with Crippen LogP contribution in [0, 0.1) is 5.82 Å². The largest absolute Gasteiger partial charge is 0.367 e. The minimum absolute atomic E-state index is 0.182. The highest BCUT2D eigenvalue weighted by Gasteiger charge is 2.24. The van der Waals surface area contributed by atoms with Gasteiger partial charge in [0.2, 0.25) is 0 Å². The lowest BCUT2D eigenvalue weighted by Crippen LogP contribution is -2.41. The number of fused-ring (bicyclic) bond motifs is 1. The average molecular weight is 327 g/mol. The predicted octanol–water partition coefficient (Wildman–Crippen LogP) is 3.08. The molecule has 0 saturated carbocycles. The summed E-state index contributed by atoms with van der Waals surface area (Å²) < 4.78 is 13.5. The van der Waals surface area contributed by atoms with Gasteiger partial charge in [-0.05, 0) is 31.0 Å². The Hall–Kier alpha value is -2.56. The van der Waals surface area contributed by atoms with Crippen molar-refractivity contribution in [3.63, 3.8) is 0 Å². The van der Waals surface area contributed by atoms with Gasteiger partial charge in [0.1, 0.15) is 5.82 Å². The van der Waals surface area contributed by atoms with Crippen molar-refractivity contribution in [2.45, 2.75) is 25.9 Å². The zero-order valence-electron chi connectivity index (χ0n) is 13.8. The standard InChI is InChI=1S/C19H22FN3O/c1-14-12-15-6-3-5-9-18(15)23(14)11-10-21-19(24)22-13-16-7-2-4-8-17(16)20/h2-9,14H,10-13H2,1H3,(H2,21,22,24). The maximum Gasteiger partial charge on any atom is 0.315 e. The molecule has 0 bridgehead atoms. The fraction of sp³-hybridized carbons (Fsp3) is 0.316. The lowest BCUT2D eigenvalue weighted by atomic mass is 10.1. The summed E-state index contributed by atoms with van der Waals surface area (Å²) in [6.07, 6.45) is 1.04. The van der Waals surface area contributed by atoms with E-state index in [9.17, 15) is 9.18 Å². The molecule has 0 spiro atoms. The van der Waals surface area contributed by atoms with Crippen LogP contribution >= 0.6 is 0 Å². The second-order valence-electron chi connectivity index (χ2n) is 6.08. The van der Waals surface area contributed by atoms with Gasteiger partial charge in [0.15, 0.2) is 0 Å². The first-order chi connectivity index (χ1) is 11.6. The second-order valence-corrected chi connectivity index (χ2v) is 6.08. The first kappa shape index (κ1) is 16.3. The van der Waals surface area contributed by atoms with Gasteiger partial charge < -0.3 is 15.5 Å². The summed E-state index contributed by atoms with van der Waals surface area (Å²) in [5.41, 5.74) is 3.09. The SMILES string of the molecule is CC1Cc2ccccc2N1CCNC(=O)NCc1ccccc1F. The summed E-state index contributed by atoms with van der Waals surface area (Å²) in [6, 6.07) is 15.0. The number of rotatable bonds is 5. The van der Waals surface area contributed by atoms with Gasteiger partial charge in [0.25, 0.3) is 0 Å². The third-order valence-electron chi connectivity index (χ3n) is 4.38. The van der Waals surface area contributed by atoms with Gasteiger partial charge in [-0.15, -0.1) is 0 Å². The Morgan fingerprint density at radius 3 is 2.75 bits per heavy atom. The smallest absolute Gasteiger partial charge is 0.315 e. The van der Waals surface area contributed by atoms with Gasteiger partial charge in [-0.2, -0.15) is 0 Å². The molecule has 24 heavy (non-hydrogen) atoms. The first-order valence-electron chi connectivity index (χ1n) is 8.25.